The standard InChI is InChI=1S/C19H32N4O.HI/c1-5-20-19(23(4)14-17-11-13-24-15-17)21-12-10-16-6-8-18(9-7-16)22(2)3;/h6-9,17H,5,10-15H2,1-4H3,(H,20,21);1H. The molecule has 25 heavy (non-hydrogen) atoms. The van der Waals surface area contributed by atoms with Crippen molar-refractivity contribution in [3.8, 4) is 0 Å². The molecule has 1 unspecified atom stereocenters. The van der Waals surface area contributed by atoms with Crippen molar-refractivity contribution in [2.45, 2.75) is 19.8 Å². The molecule has 1 heterocycles. The monoisotopic (exact) mass is 460 g/mol. The SMILES string of the molecule is CCNC(=NCCc1ccc(N(C)C)cc1)N(C)CC1CCOC1.I. The molecule has 0 amide bonds. The molecular weight excluding hydrogens is 427 g/mol. The number of guanidine groups is 1. The number of hydrogen-bond acceptors (Lipinski definition) is 3. The fraction of sp³-hybridized carbons (Fsp3) is 0.632. The van der Waals surface area contributed by atoms with Gasteiger partial charge in [0, 0.05) is 59.0 Å². The van der Waals surface area contributed by atoms with Crippen molar-refractivity contribution in [3.63, 3.8) is 0 Å². The maximum Gasteiger partial charge on any atom is 0.193 e. The fourth-order valence-corrected chi connectivity index (χ4v) is 2.92. The van der Waals surface area contributed by atoms with Crippen molar-refractivity contribution in [1.82, 2.24) is 10.2 Å². The van der Waals surface area contributed by atoms with E-state index >= 15 is 0 Å². The van der Waals surface area contributed by atoms with Crippen LogP contribution in [0.1, 0.15) is 18.9 Å². The van der Waals surface area contributed by atoms with Crippen molar-refractivity contribution >= 4 is 35.6 Å². The maximum atomic E-state index is 5.47. The molecule has 1 fully saturated rings. The van der Waals surface area contributed by atoms with E-state index in [0.717, 1.165) is 51.6 Å². The molecule has 0 aromatic heterocycles. The van der Waals surface area contributed by atoms with Crippen molar-refractivity contribution in [2.24, 2.45) is 10.9 Å². The lowest BCUT2D eigenvalue weighted by Crippen LogP contribution is -2.41. The number of rotatable bonds is 7. The van der Waals surface area contributed by atoms with Crippen LogP contribution >= 0.6 is 24.0 Å². The first-order valence-corrected chi connectivity index (χ1v) is 8.93. The molecule has 1 aliphatic heterocycles. The Morgan fingerprint density at radius 1 is 1.24 bits per heavy atom. The lowest BCUT2D eigenvalue weighted by molar-refractivity contribution is 0.181. The number of benzene rings is 1. The lowest BCUT2D eigenvalue weighted by atomic mass is 10.1. The van der Waals surface area contributed by atoms with Crippen LogP contribution in [-0.2, 0) is 11.2 Å². The molecule has 6 heteroatoms. The highest BCUT2D eigenvalue weighted by molar-refractivity contribution is 14.0. The second-order valence-corrected chi connectivity index (χ2v) is 6.66. The third-order valence-electron chi connectivity index (χ3n) is 4.37. The Morgan fingerprint density at radius 2 is 1.96 bits per heavy atom. The van der Waals surface area contributed by atoms with E-state index in [2.05, 4.69) is 67.4 Å². The van der Waals surface area contributed by atoms with Crippen molar-refractivity contribution in [1.29, 1.82) is 0 Å². The first-order chi connectivity index (χ1) is 11.6. The number of nitrogens with one attached hydrogen (secondary N) is 1. The number of halogens is 1. The molecule has 0 saturated carbocycles. The van der Waals surface area contributed by atoms with E-state index in [1.807, 2.05) is 0 Å². The van der Waals surface area contributed by atoms with Gasteiger partial charge < -0.3 is 19.9 Å². The highest BCUT2D eigenvalue weighted by Crippen LogP contribution is 2.14. The third kappa shape index (κ3) is 7.40. The molecule has 2 rings (SSSR count). The topological polar surface area (TPSA) is 40.1 Å². The van der Waals surface area contributed by atoms with E-state index in [1.165, 1.54) is 11.3 Å². The van der Waals surface area contributed by atoms with Crippen LogP contribution in [0.4, 0.5) is 5.69 Å². The highest BCUT2D eigenvalue weighted by atomic mass is 127. The minimum absolute atomic E-state index is 0. The molecule has 1 aromatic rings. The summed E-state index contributed by atoms with van der Waals surface area (Å²) in [5, 5.41) is 3.40. The predicted octanol–water partition coefficient (Wildman–Crippen LogP) is 2.85. The van der Waals surface area contributed by atoms with Gasteiger partial charge in [0.2, 0.25) is 0 Å². The second kappa shape index (κ2) is 11.6. The van der Waals surface area contributed by atoms with E-state index in [1.54, 1.807) is 0 Å². The molecule has 1 N–H and O–H groups in total. The normalized spacial score (nSPS) is 17.1. The summed E-state index contributed by atoms with van der Waals surface area (Å²) in [6.45, 7) is 6.58. The quantitative estimate of drug-likeness (QED) is 0.386. The molecule has 1 aromatic carbocycles. The Balaban J connectivity index is 0.00000312. The number of aliphatic imine (C=N–C) groups is 1. The van der Waals surface area contributed by atoms with Gasteiger partial charge in [0.15, 0.2) is 5.96 Å². The Morgan fingerprint density at radius 3 is 2.52 bits per heavy atom. The van der Waals surface area contributed by atoms with Crippen LogP contribution in [0.5, 0.6) is 0 Å². The summed E-state index contributed by atoms with van der Waals surface area (Å²) in [5.41, 5.74) is 2.56. The van der Waals surface area contributed by atoms with Crippen LogP contribution < -0.4 is 10.2 Å². The van der Waals surface area contributed by atoms with Crippen molar-refractivity contribution in [2.75, 3.05) is 58.9 Å². The van der Waals surface area contributed by atoms with Crippen LogP contribution in [0.3, 0.4) is 0 Å². The average Bonchev–Trinajstić information content (AvgIpc) is 3.07. The Labute approximate surface area is 169 Å². The summed E-state index contributed by atoms with van der Waals surface area (Å²) in [6, 6.07) is 8.71. The van der Waals surface area contributed by atoms with E-state index in [9.17, 15) is 0 Å². The van der Waals surface area contributed by atoms with Gasteiger partial charge in [-0.2, -0.15) is 0 Å². The zero-order chi connectivity index (χ0) is 17.4. The number of ether oxygens (including phenoxy) is 1. The van der Waals surface area contributed by atoms with E-state index in [0.29, 0.717) is 5.92 Å². The van der Waals surface area contributed by atoms with Gasteiger partial charge in [-0.15, -0.1) is 24.0 Å². The number of anilines is 1. The van der Waals surface area contributed by atoms with Gasteiger partial charge in [0.25, 0.3) is 0 Å². The van der Waals surface area contributed by atoms with Gasteiger partial charge in [-0.05, 0) is 37.5 Å². The Kier molecular flexibility index (Phi) is 10.2. The van der Waals surface area contributed by atoms with Crippen molar-refractivity contribution in [3.05, 3.63) is 29.8 Å². The van der Waals surface area contributed by atoms with Crippen molar-refractivity contribution < 1.29 is 4.74 Å². The van der Waals surface area contributed by atoms with Crippen LogP contribution in [-0.4, -0.2) is 64.9 Å². The van der Waals surface area contributed by atoms with Crippen LogP contribution in [0.15, 0.2) is 29.3 Å². The lowest BCUT2D eigenvalue weighted by Gasteiger charge is -2.24. The minimum atomic E-state index is 0. The number of hydrogen-bond donors (Lipinski definition) is 1. The summed E-state index contributed by atoms with van der Waals surface area (Å²) in [6.07, 6.45) is 2.12. The number of nitrogens with zero attached hydrogens (tertiary/aromatic N) is 3. The van der Waals surface area contributed by atoms with Crippen LogP contribution in [0.25, 0.3) is 0 Å². The molecule has 1 aliphatic rings. The zero-order valence-electron chi connectivity index (χ0n) is 16.0. The Bertz CT molecular complexity index is 513. The second-order valence-electron chi connectivity index (χ2n) is 6.66. The molecule has 1 saturated heterocycles. The Hall–Kier alpha value is -1.02. The third-order valence-corrected chi connectivity index (χ3v) is 4.37. The van der Waals surface area contributed by atoms with Gasteiger partial charge in [-0.25, -0.2) is 0 Å². The zero-order valence-corrected chi connectivity index (χ0v) is 18.3. The van der Waals surface area contributed by atoms with Crippen LogP contribution in [0.2, 0.25) is 0 Å². The fourth-order valence-electron chi connectivity index (χ4n) is 2.92. The van der Waals surface area contributed by atoms with Crippen LogP contribution in [0, 0.1) is 5.92 Å². The van der Waals surface area contributed by atoms with Gasteiger partial charge in [-0.1, -0.05) is 12.1 Å². The molecule has 0 spiro atoms. The predicted molar refractivity (Wildman–Crippen MR) is 117 cm³/mol. The highest BCUT2D eigenvalue weighted by Gasteiger charge is 2.18. The molecule has 0 bridgehead atoms. The first kappa shape index (κ1) is 22.0. The maximum absolute atomic E-state index is 5.47. The summed E-state index contributed by atoms with van der Waals surface area (Å²) < 4.78 is 5.47. The smallest absolute Gasteiger partial charge is 0.193 e. The van der Waals surface area contributed by atoms with Gasteiger partial charge in [0.1, 0.15) is 0 Å². The van der Waals surface area contributed by atoms with Gasteiger partial charge >= 0.3 is 0 Å². The molecular formula is C19H33IN4O. The minimum Gasteiger partial charge on any atom is -0.381 e. The molecule has 0 aliphatic carbocycles. The van der Waals surface area contributed by atoms with E-state index in [-0.39, 0.29) is 24.0 Å². The molecule has 142 valence electrons. The van der Waals surface area contributed by atoms with E-state index in [4.69, 9.17) is 9.73 Å². The summed E-state index contributed by atoms with van der Waals surface area (Å²) in [7, 11) is 6.24. The summed E-state index contributed by atoms with van der Waals surface area (Å²) in [4.78, 5) is 9.14. The summed E-state index contributed by atoms with van der Waals surface area (Å²) >= 11 is 0. The largest absolute Gasteiger partial charge is 0.381 e. The summed E-state index contributed by atoms with van der Waals surface area (Å²) in [5.74, 6) is 1.62. The molecule has 1 atom stereocenters. The van der Waals surface area contributed by atoms with E-state index < -0.39 is 0 Å². The molecule has 0 radical (unpaired) electrons. The molecule has 5 nitrogen and oxygen atoms in total. The first-order valence-electron chi connectivity index (χ1n) is 8.93. The van der Waals surface area contributed by atoms with Gasteiger partial charge in [-0.3, -0.25) is 4.99 Å². The average molecular weight is 460 g/mol. The van der Waals surface area contributed by atoms with Gasteiger partial charge in [0.05, 0.1) is 6.61 Å².